The molecule has 4 atom stereocenters. The normalized spacial score (nSPS) is 32.7. The van der Waals surface area contributed by atoms with Gasteiger partial charge in [0.25, 0.3) is 0 Å². The lowest BCUT2D eigenvalue weighted by Gasteiger charge is -2.59. The second-order valence-corrected chi connectivity index (χ2v) is 19.1. The zero-order valence-corrected chi connectivity index (χ0v) is 32.5. The van der Waals surface area contributed by atoms with Gasteiger partial charge in [-0.25, -0.2) is 9.13 Å². The molecule has 8 saturated carbocycles. The topological polar surface area (TPSA) is 181 Å². The summed E-state index contributed by atoms with van der Waals surface area (Å²) < 4.78 is 52.5. The number of rotatable bonds is 12. The molecule has 53 heavy (non-hydrogen) atoms. The quantitative estimate of drug-likeness (QED) is 0.0796. The van der Waals surface area contributed by atoms with Crippen LogP contribution in [-0.4, -0.2) is 56.4 Å². The molecule has 2 aromatic rings. The van der Waals surface area contributed by atoms with Gasteiger partial charge in [0, 0.05) is 5.56 Å². The molecular weight excluding hydrogens is 769 g/mol. The maximum Gasteiger partial charge on any atom is 0.524 e. The Labute approximate surface area is 317 Å². The predicted octanol–water partition coefficient (Wildman–Crippen LogP) is 7.89. The first-order chi connectivity index (χ1) is 25.1. The van der Waals surface area contributed by atoms with E-state index in [4.69, 9.17) is 46.5 Å². The molecule has 8 fully saturated rings. The third kappa shape index (κ3) is 7.52. The molecule has 12 nitrogen and oxygen atoms in total. The number of benzene rings is 2. The van der Waals surface area contributed by atoms with E-state index in [1.807, 2.05) is 0 Å². The monoisotopic (exact) mass is 812 g/mol. The summed E-state index contributed by atoms with van der Waals surface area (Å²) >= 11 is 12.4. The van der Waals surface area contributed by atoms with Crippen LogP contribution in [0, 0.1) is 35.5 Å². The summed E-state index contributed by atoms with van der Waals surface area (Å²) in [4.78, 5) is 37.6. The molecule has 16 heteroatoms. The van der Waals surface area contributed by atoms with Crippen LogP contribution >= 0.6 is 38.8 Å². The Balaban J connectivity index is 0.977. The molecule has 0 spiro atoms. The van der Waals surface area contributed by atoms with Crippen LogP contribution in [0.15, 0.2) is 47.5 Å². The Morgan fingerprint density at radius 2 is 1.13 bits per heavy atom. The molecule has 5 N–H and O–H groups in total. The van der Waals surface area contributed by atoms with Crippen LogP contribution in [0.2, 0.25) is 10.0 Å². The number of methoxy groups -OCH3 is 1. The number of halogens is 2. The van der Waals surface area contributed by atoms with Crippen LogP contribution in [0.1, 0.15) is 75.3 Å². The van der Waals surface area contributed by atoms with Gasteiger partial charge in [-0.05, 0) is 147 Å². The summed E-state index contributed by atoms with van der Waals surface area (Å²) in [5.41, 5.74) is 3.86. The van der Waals surface area contributed by atoms with E-state index in [1.165, 1.54) is 29.3 Å². The minimum Gasteiger partial charge on any atom is -0.496 e. The smallest absolute Gasteiger partial charge is 0.496 e. The van der Waals surface area contributed by atoms with Crippen molar-refractivity contribution in [3.8, 4) is 11.5 Å². The third-order valence-corrected chi connectivity index (χ3v) is 14.1. The number of hydrogen-bond donors (Lipinski definition) is 5. The molecular formula is C37H44Cl2O12P2. The fraction of sp³-hybridized carbons (Fsp3) is 0.568. The molecule has 4 unspecified atom stereocenters. The Hall–Kier alpha value is -1.92. The van der Waals surface area contributed by atoms with Gasteiger partial charge in [0.2, 0.25) is 0 Å². The van der Waals surface area contributed by atoms with Gasteiger partial charge in [-0.3, -0.25) is 19.6 Å². The fourth-order valence-electron chi connectivity index (χ4n) is 11.4. The van der Waals surface area contributed by atoms with Crippen LogP contribution in [0.25, 0.3) is 11.3 Å². The minimum atomic E-state index is -4.83. The molecule has 0 aliphatic heterocycles. The number of phosphoric acid groups is 2. The molecule has 8 aliphatic carbocycles. The molecule has 0 amide bonds. The van der Waals surface area contributed by atoms with Crippen molar-refractivity contribution in [2.75, 3.05) is 20.5 Å². The third-order valence-electron chi connectivity index (χ3n) is 12.6. The van der Waals surface area contributed by atoms with E-state index in [2.05, 4.69) is 0 Å². The first-order valence-electron chi connectivity index (χ1n) is 18.1. The second kappa shape index (κ2) is 13.9. The molecule has 8 aliphatic rings. The van der Waals surface area contributed by atoms with Gasteiger partial charge in [0.15, 0.2) is 11.5 Å². The Morgan fingerprint density at radius 3 is 1.57 bits per heavy atom. The van der Waals surface area contributed by atoms with Crippen LogP contribution in [-0.2, 0) is 23.3 Å². The fourth-order valence-corrected chi connectivity index (χ4v) is 12.6. The lowest BCUT2D eigenvalue weighted by Crippen LogP contribution is -2.56. The number of ether oxygens (including phenoxy) is 3. The van der Waals surface area contributed by atoms with Crippen LogP contribution in [0.5, 0.6) is 11.5 Å². The summed E-state index contributed by atoms with van der Waals surface area (Å²) in [5, 5.41) is 10.8. The van der Waals surface area contributed by atoms with E-state index in [9.17, 15) is 33.8 Å². The van der Waals surface area contributed by atoms with Crippen molar-refractivity contribution in [1.29, 1.82) is 0 Å². The van der Waals surface area contributed by atoms with Gasteiger partial charge in [0.05, 0.1) is 35.0 Å². The molecule has 2 aromatic carbocycles. The highest BCUT2D eigenvalue weighted by molar-refractivity contribution is 7.47. The van der Waals surface area contributed by atoms with E-state index in [1.54, 1.807) is 25.3 Å². The largest absolute Gasteiger partial charge is 0.524 e. The maximum absolute atomic E-state index is 11.6. The first kappa shape index (κ1) is 38.0. The Bertz CT molecular complexity index is 1780. The van der Waals surface area contributed by atoms with Crippen molar-refractivity contribution in [1.82, 2.24) is 0 Å². The molecule has 8 bridgehead atoms. The Morgan fingerprint density at radius 1 is 0.698 bits per heavy atom. The highest BCUT2D eigenvalue weighted by atomic mass is 35.5. The van der Waals surface area contributed by atoms with E-state index < -0.39 is 15.6 Å². The zero-order valence-electron chi connectivity index (χ0n) is 29.2. The van der Waals surface area contributed by atoms with Crippen LogP contribution in [0.4, 0.5) is 0 Å². The number of aliphatic hydroxyl groups is 1. The van der Waals surface area contributed by atoms with Crippen LogP contribution in [0.3, 0.4) is 0 Å². The van der Waals surface area contributed by atoms with Gasteiger partial charge < -0.3 is 28.4 Å². The number of aliphatic hydroxyl groups excluding tert-OH is 1. The molecule has 288 valence electrons. The second-order valence-electron chi connectivity index (χ2n) is 16.0. The summed E-state index contributed by atoms with van der Waals surface area (Å²) in [6.45, 7) is -0.00449. The summed E-state index contributed by atoms with van der Waals surface area (Å²) in [7, 11) is -8.01. The lowest BCUT2D eigenvalue weighted by molar-refractivity contribution is -0.250. The van der Waals surface area contributed by atoms with Gasteiger partial charge in [-0.1, -0.05) is 34.8 Å². The Kier molecular flexibility index (Phi) is 9.98. The van der Waals surface area contributed by atoms with Crippen molar-refractivity contribution in [3.63, 3.8) is 0 Å². The lowest BCUT2D eigenvalue weighted by atomic mass is 9.51. The summed E-state index contributed by atoms with van der Waals surface area (Å²) in [6.07, 6.45) is 9.36. The standard InChI is InChI=1S/C37H44Cl2O12P2/c1-47-35(23-3-5-30(39)32(11-23)51-53(44,45)46)34-26-8-21-9-27(34)17-37(13-21,16-26)49-19-48-36-12-20-6-24(14-36)33(25(7-20)15-36)28(18-40)22-2-4-29(38)31(10-22)50-52(41,42)43/h2-5,10-11,20-21,24-27,40H,6-9,12-19H2,1H3,(H2,41,42,43)(H2,44,45,46). The predicted molar refractivity (Wildman–Crippen MR) is 196 cm³/mol. The van der Waals surface area contributed by atoms with Gasteiger partial charge >= 0.3 is 15.6 Å². The molecule has 0 saturated heterocycles. The number of hydrogen-bond acceptors (Lipinski definition) is 8. The first-order valence-corrected chi connectivity index (χ1v) is 21.9. The van der Waals surface area contributed by atoms with Crippen molar-refractivity contribution < 1.29 is 57.1 Å². The average Bonchev–Trinajstić information content (AvgIpc) is 3.05. The van der Waals surface area contributed by atoms with E-state index in [0.717, 1.165) is 69.8 Å². The van der Waals surface area contributed by atoms with Crippen molar-refractivity contribution in [3.05, 3.63) is 68.7 Å². The summed E-state index contributed by atoms with van der Waals surface area (Å²) in [5.74, 6) is 2.41. The minimum absolute atomic E-state index is 0.0773. The SMILES string of the molecule is COC(=C1C2CC3CC1CC(OCOC14CC5CC(C1)C(=C(CO)c1ccc(Cl)c(OP(=O)(O)O)c1)C(C5)C4)(C3)C2)c1ccc(Cl)c(OP(=O)(O)O)c1. The van der Waals surface area contributed by atoms with Gasteiger partial charge in [-0.15, -0.1) is 0 Å². The molecule has 0 radical (unpaired) electrons. The average molecular weight is 814 g/mol. The van der Waals surface area contributed by atoms with Crippen molar-refractivity contribution in [2.45, 2.75) is 75.4 Å². The molecule has 10 rings (SSSR count). The van der Waals surface area contributed by atoms with Crippen LogP contribution < -0.4 is 9.05 Å². The van der Waals surface area contributed by atoms with E-state index in [-0.39, 0.29) is 69.8 Å². The van der Waals surface area contributed by atoms with E-state index in [0.29, 0.717) is 28.7 Å². The molecule has 0 aromatic heterocycles. The van der Waals surface area contributed by atoms with Crippen molar-refractivity contribution in [2.24, 2.45) is 35.5 Å². The highest BCUT2D eigenvalue weighted by Crippen LogP contribution is 2.63. The highest BCUT2D eigenvalue weighted by Gasteiger charge is 2.57. The van der Waals surface area contributed by atoms with Gasteiger partial charge in [-0.2, -0.15) is 0 Å². The zero-order chi connectivity index (χ0) is 37.5. The molecule has 0 heterocycles. The number of allylic oxidation sites excluding steroid dienone is 2. The van der Waals surface area contributed by atoms with E-state index >= 15 is 0 Å². The van der Waals surface area contributed by atoms with Crippen molar-refractivity contribution >= 4 is 50.2 Å². The van der Waals surface area contributed by atoms with Gasteiger partial charge in [0.1, 0.15) is 12.6 Å². The maximum atomic E-state index is 11.6. The summed E-state index contributed by atoms with van der Waals surface area (Å²) in [6, 6.07) is 9.67. The number of phosphoric ester groups is 2.